The number of hydrogen-bond acceptors (Lipinski definition) is 5. The fraction of sp³-hybridized carbons (Fsp3) is 0.400. The number of carbonyl (C=O) groups excluding carboxylic acids is 1. The second-order valence-electron chi connectivity index (χ2n) is 7.71. The zero-order chi connectivity index (χ0) is 20.5. The topological polar surface area (TPSA) is 91.0 Å². The Morgan fingerprint density at radius 1 is 1.29 bits per heavy atom. The lowest BCUT2D eigenvalue weighted by Crippen LogP contribution is -2.26. The van der Waals surface area contributed by atoms with Crippen LogP contribution in [-0.4, -0.2) is 32.3 Å². The highest BCUT2D eigenvalue weighted by atomic mass is 16.5. The van der Waals surface area contributed by atoms with Crippen LogP contribution < -0.4 is 15.6 Å². The Bertz CT molecular complexity index is 1080. The van der Waals surface area contributed by atoms with Gasteiger partial charge in [-0.05, 0) is 45.4 Å². The van der Waals surface area contributed by atoms with Gasteiger partial charge < -0.3 is 10.1 Å². The van der Waals surface area contributed by atoms with Crippen LogP contribution in [0.5, 0.6) is 5.75 Å². The van der Waals surface area contributed by atoms with Gasteiger partial charge in [-0.15, -0.1) is 0 Å². The molecule has 0 saturated carbocycles. The minimum absolute atomic E-state index is 0.137. The molecule has 8 heteroatoms. The molecule has 0 radical (unpaired) electrons. The summed E-state index contributed by atoms with van der Waals surface area (Å²) in [6.45, 7) is 8.15. The van der Waals surface area contributed by atoms with E-state index in [0.29, 0.717) is 22.5 Å². The number of nitrogens with one attached hydrogen (secondary N) is 1. The number of amides is 1. The van der Waals surface area contributed by atoms with Gasteiger partial charge in [0.25, 0.3) is 5.56 Å². The second-order valence-corrected chi connectivity index (χ2v) is 7.71. The number of rotatable bonds is 5. The zero-order valence-corrected chi connectivity index (χ0v) is 16.8. The molecule has 148 valence electrons. The summed E-state index contributed by atoms with van der Waals surface area (Å²) in [7, 11) is 1.55. The lowest BCUT2D eigenvalue weighted by molar-refractivity contribution is -0.116. The lowest BCUT2D eigenvalue weighted by atomic mass is 10.1. The first-order valence-corrected chi connectivity index (χ1v) is 9.09. The van der Waals surface area contributed by atoms with Crippen molar-refractivity contribution < 1.29 is 9.53 Å². The number of hydrogen-bond donors (Lipinski definition) is 1. The van der Waals surface area contributed by atoms with Crippen molar-refractivity contribution in [2.75, 3.05) is 12.4 Å². The van der Waals surface area contributed by atoms with E-state index in [0.717, 1.165) is 5.56 Å². The van der Waals surface area contributed by atoms with Gasteiger partial charge in [-0.3, -0.25) is 14.2 Å². The van der Waals surface area contributed by atoms with Crippen molar-refractivity contribution >= 4 is 22.6 Å². The van der Waals surface area contributed by atoms with Gasteiger partial charge in [-0.2, -0.15) is 5.10 Å². The van der Waals surface area contributed by atoms with Gasteiger partial charge in [0.1, 0.15) is 11.1 Å². The van der Waals surface area contributed by atoms with E-state index in [9.17, 15) is 9.59 Å². The molecule has 0 aliphatic rings. The second kappa shape index (κ2) is 7.46. The minimum atomic E-state index is -0.278. The van der Waals surface area contributed by atoms with Crippen LogP contribution in [0.2, 0.25) is 0 Å². The van der Waals surface area contributed by atoms with Crippen molar-refractivity contribution in [3.05, 3.63) is 46.6 Å². The summed E-state index contributed by atoms with van der Waals surface area (Å²) in [5, 5.41) is 7.57. The first-order chi connectivity index (χ1) is 13.2. The zero-order valence-electron chi connectivity index (χ0n) is 16.8. The van der Waals surface area contributed by atoms with Gasteiger partial charge in [0.2, 0.25) is 5.91 Å². The molecule has 0 aliphatic heterocycles. The third kappa shape index (κ3) is 3.90. The van der Waals surface area contributed by atoms with Crippen molar-refractivity contribution in [1.82, 2.24) is 19.3 Å². The molecule has 8 nitrogen and oxygen atoms in total. The number of fused-ring (bicyclic) bond motifs is 1. The molecule has 2 heterocycles. The minimum Gasteiger partial charge on any atom is -0.495 e. The normalized spacial score (nSPS) is 11.6. The van der Waals surface area contributed by atoms with E-state index in [1.807, 2.05) is 39.8 Å². The molecule has 1 amide bonds. The van der Waals surface area contributed by atoms with Crippen LogP contribution in [0.1, 0.15) is 32.8 Å². The molecule has 0 bridgehead atoms. The first kappa shape index (κ1) is 19.6. The van der Waals surface area contributed by atoms with Crippen molar-refractivity contribution in [1.29, 1.82) is 0 Å². The van der Waals surface area contributed by atoms with Crippen LogP contribution in [0.3, 0.4) is 0 Å². The average Bonchev–Trinajstić information content (AvgIpc) is 3.07. The Kier molecular flexibility index (Phi) is 5.22. The standard InChI is InChI=1S/C20H25N5O3/c1-13-6-7-16(28-5)15(10-13)23-17(26)8-9-24-12-21-18-14(19(24)27)11-22-25(18)20(2,3)4/h6-7,10-12H,8-9H2,1-5H3,(H,23,26). The maximum atomic E-state index is 12.7. The third-order valence-electron chi connectivity index (χ3n) is 4.40. The molecule has 0 fully saturated rings. The summed E-state index contributed by atoms with van der Waals surface area (Å²) >= 11 is 0. The number of carbonyl (C=O) groups is 1. The molecule has 0 aliphatic carbocycles. The predicted octanol–water partition coefficient (Wildman–Crippen LogP) is 2.69. The number of nitrogens with zero attached hydrogens (tertiary/aromatic N) is 4. The van der Waals surface area contributed by atoms with Crippen LogP contribution >= 0.6 is 0 Å². The molecule has 28 heavy (non-hydrogen) atoms. The number of aromatic nitrogens is 4. The molecular formula is C20H25N5O3. The van der Waals surface area contributed by atoms with E-state index in [4.69, 9.17) is 4.74 Å². The fourth-order valence-electron chi connectivity index (χ4n) is 2.95. The summed E-state index contributed by atoms with van der Waals surface area (Å²) in [4.78, 5) is 29.4. The number of ether oxygens (including phenoxy) is 1. The highest BCUT2D eigenvalue weighted by molar-refractivity contribution is 5.92. The van der Waals surface area contributed by atoms with E-state index in [1.54, 1.807) is 17.9 Å². The maximum absolute atomic E-state index is 12.7. The summed E-state index contributed by atoms with van der Waals surface area (Å²) in [5.74, 6) is 0.384. The molecule has 1 aromatic carbocycles. The van der Waals surface area contributed by atoms with E-state index >= 15 is 0 Å². The van der Waals surface area contributed by atoms with Crippen molar-refractivity contribution in [3.63, 3.8) is 0 Å². The summed E-state index contributed by atoms with van der Waals surface area (Å²) in [5.41, 5.74) is 1.68. The van der Waals surface area contributed by atoms with Gasteiger partial charge in [-0.1, -0.05) is 6.07 Å². The van der Waals surface area contributed by atoms with Crippen molar-refractivity contribution in [2.45, 2.75) is 46.2 Å². The average molecular weight is 383 g/mol. The van der Waals surface area contributed by atoms with Gasteiger partial charge in [0.15, 0.2) is 5.65 Å². The molecule has 0 spiro atoms. The Hall–Kier alpha value is -3.16. The number of methoxy groups -OCH3 is 1. The summed E-state index contributed by atoms with van der Waals surface area (Å²) in [6, 6.07) is 5.56. The Morgan fingerprint density at radius 3 is 2.71 bits per heavy atom. The Labute approximate surface area is 163 Å². The fourth-order valence-corrected chi connectivity index (χ4v) is 2.95. The number of benzene rings is 1. The Balaban J connectivity index is 1.75. The quantitative estimate of drug-likeness (QED) is 0.731. The van der Waals surface area contributed by atoms with Crippen LogP contribution in [0.25, 0.3) is 11.0 Å². The summed E-state index contributed by atoms with van der Waals surface area (Å²) < 4.78 is 8.43. The molecule has 1 N–H and O–H groups in total. The maximum Gasteiger partial charge on any atom is 0.264 e. The molecule has 0 saturated heterocycles. The predicted molar refractivity (Wildman–Crippen MR) is 108 cm³/mol. The van der Waals surface area contributed by atoms with Gasteiger partial charge in [0, 0.05) is 13.0 Å². The molecule has 0 unspecified atom stereocenters. The van der Waals surface area contributed by atoms with E-state index in [1.165, 1.54) is 17.1 Å². The highest BCUT2D eigenvalue weighted by Gasteiger charge is 2.19. The highest BCUT2D eigenvalue weighted by Crippen LogP contribution is 2.25. The van der Waals surface area contributed by atoms with Crippen molar-refractivity contribution in [2.24, 2.45) is 0 Å². The summed E-state index contributed by atoms with van der Waals surface area (Å²) in [6.07, 6.45) is 3.14. The molecular weight excluding hydrogens is 358 g/mol. The molecule has 3 rings (SSSR count). The third-order valence-corrected chi connectivity index (χ3v) is 4.40. The number of anilines is 1. The first-order valence-electron chi connectivity index (χ1n) is 9.09. The van der Waals surface area contributed by atoms with Crippen LogP contribution in [0.15, 0.2) is 35.5 Å². The van der Waals surface area contributed by atoms with Crippen molar-refractivity contribution in [3.8, 4) is 5.75 Å². The van der Waals surface area contributed by atoms with E-state index in [-0.39, 0.29) is 30.0 Å². The Morgan fingerprint density at radius 2 is 2.04 bits per heavy atom. The van der Waals surface area contributed by atoms with Crippen LogP contribution in [0.4, 0.5) is 5.69 Å². The smallest absolute Gasteiger partial charge is 0.264 e. The molecule has 0 atom stereocenters. The van der Waals surface area contributed by atoms with E-state index in [2.05, 4.69) is 15.4 Å². The van der Waals surface area contributed by atoms with Gasteiger partial charge >= 0.3 is 0 Å². The van der Waals surface area contributed by atoms with E-state index < -0.39 is 0 Å². The monoisotopic (exact) mass is 383 g/mol. The largest absolute Gasteiger partial charge is 0.495 e. The van der Waals surface area contributed by atoms with Crippen LogP contribution in [0, 0.1) is 6.92 Å². The van der Waals surface area contributed by atoms with Crippen LogP contribution in [-0.2, 0) is 16.9 Å². The van der Waals surface area contributed by atoms with Gasteiger partial charge in [-0.25, -0.2) is 9.67 Å². The lowest BCUT2D eigenvalue weighted by Gasteiger charge is -2.19. The molecule has 2 aromatic heterocycles. The van der Waals surface area contributed by atoms with Gasteiger partial charge in [0.05, 0.1) is 30.9 Å². The number of aryl methyl sites for hydroxylation is 2. The molecule has 3 aromatic rings. The SMILES string of the molecule is COc1ccc(C)cc1NC(=O)CCn1cnc2c(cnn2C(C)(C)C)c1=O.